The lowest BCUT2D eigenvalue weighted by atomic mass is 9.78. The molecule has 0 spiro atoms. The molecule has 3 aliphatic rings. The highest BCUT2D eigenvalue weighted by Crippen LogP contribution is 2.40. The second kappa shape index (κ2) is 9.03. The average Bonchev–Trinajstić information content (AvgIpc) is 3.41. The molecular formula is C21H26ClF3N4O. The molecule has 30 heavy (non-hydrogen) atoms. The summed E-state index contributed by atoms with van der Waals surface area (Å²) in [4.78, 5) is 14.8. The topological polar surface area (TPSA) is 68.2 Å². The summed E-state index contributed by atoms with van der Waals surface area (Å²) < 4.78 is 40.2. The van der Waals surface area contributed by atoms with Crippen LogP contribution in [-0.2, 0) is 11.0 Å². The summed E-state index contributed by atoms with van der Waals surface area (Å²) in [5.74, 6) is 0.324. The van der Waals surface area contributed by atoms with Crippen LogP contribution in [0.1, 0.15) is 36.8 Å². The fourth-order valence-corrected chi connectivity index (χ4v) is 4.66. The van der Waals surface area contributed by atoms with Crippen molar-refractivity contribution in [1.29, 1.82) is 5.26 Å². The first-order chi connectivity index (χ1) is 13.9. The summed E-state index contributed by atoms with van der Waals surface area (Å²) in [7, 11) is 0. The van der Waals surface area contributed by atoms with Gasteiger partial charge in [0.2, 0.25) is 5.91 Å². The van der Waals surface area contributed by atoms with E-state index in [1.165, 1.54) is 6.07 Å². The SMILES string of the molecule is Cl.N#Cc1ccc(N2C[C@@H](C(=O)NC3CC3)[C@H](C3CCNCC3)C2)cc1C(F)(F)F. The number of rotatable bonds is 4. The van der Waals surface area contributed by atoms with Crippen LogP contribution < -0.4 is 15.5 Å². The molecule has 4 rings (SSSR count). The smallest absolute Gasteiger partial charge is 0.370 e. The molecule has 0 radical (unpaired) electrons. The monoisotopic (exact) mass is 442 g/mol. The van der Waals surface area contributed by atoms with Gasteiger partial charge in [0.25, 0.3) is 0 Å². The largest absolute Gasteiger partial charge is 0.417 e. The number of nitrogens with one attached hydrogen (secondary N) is 2. The highest BCUT2D eigenvalue weighted by molar-refractivity contribution is 5.85. The number of carbonyl (C=O) groups is 1. The van der Waals surface area contributed by atoms with Crippen molar-refractivity contribution in [2.45, 2.75) is 37.9 Å². The van der Waals surface area contributed by atoms with E-state index in [1.807, 2.05) is 4.90 Å². The van der Waals surface area contributed by atoms with E-state index in [0.29, 0.717) is 24.7 Å². The summed E-state index contributed by atoms with van der Waals surface area (Å²) in [6.07, 6.45) is -0.618. The lowest BCUT2D eigenvalue weighted by Gasteiger charge is -2.31. The number of piperidine rings is 1. The van der Waals surface area contributed by atoms with E-state index >= 15 is 0 Å². The number of halogens is 4. The Bertz CT molecular complexity index is 815. The molecule has 2 aliphatic heterocycles. The van der Waals surface area contributed by atoms with Gasteiger partial charge in [0, 0.05) is 24.8 Å². The van der Waals surface area contributed by atoms with Crippen LogP contribution in [0.25, 0.3) is 0 Å². The molecule has 2 atom stereocenters. The number of nitriles is 1. The second-order valence-corrected chi connectivity index (χ2v) is 8.39. The van der Waals surface area contributed by atoms with E-state index < -0.39 is 11.7 Å². The van der Waals surface area contributed by atoms with Gasteiger partial charge in [-0.3, -0.25) is 4.79 Å². The standard InChI is InChI=1S/C21H25F3N4O.ClH/c22-21(23,24)19-9-16(4-1-14(19)10-25)28-11-17(13-5-7-26-8-6-13)18(12-28)20(29)27-15-2-3-15;/h1,4,9,13,15,17-18,26H,2-3,5-8,11-12H2,(H,27,29);1H/t17-,18+;/m0./s1. The molecule has 0 bridgehead atoms. The Labute approximate surface area is 180 Å². The molecule has 2 N–H and O–H groups in total. The third-order valence-electron chi connectivity index (χ3n) is 6.41. The van der Waals surface area contributed by atoms with E-state index in [0.717, 1.165) is 44.8 Å². The van der Waals surface area contributed by atoms with Crippen molar-refractivity contribution >= 4 is 24.0 Å². The van der Waals surface area contributed by atoms with Crippen LogP contribution in [-0.4, -0.2) is 38.1 Å². The third-order valence-corrected chi connectivity index (χ3v) is 6.41. The van der Waals surface area contributed by atoms with E-state index in [1.54, 1.807) is 12.1 Å². The molecule has 2 saturated heterocycles. The Hall–Kier alpha value is -1.98. The minimum atomic E-state index is -4.59. The van der Waals surface area contributed by atoms with Crippen LogP contribution in [0.2, 0.25) is 0 Å². The van der Waals surface area contributed by atoms with Crippen LogP contribution in [0.15, 0.2) is 18.2 Å². The van der Waals surface area contributed by atoms with Crippen molar-refractivity contribution < 1.29 is 18.0 Å². The van der Waals surface area contributed by atoms with Crippen molar-refractivity contribution in [3.05, 3.63) is 29.3 Å². The molecular weight excluding hydrogens is 417 g/mol. The van der Waals surface area contributed by atoms with Crippen LogP contribution in [0, 0.1) is 29.1 Å². The van der Waals surface area contributed by atoms with Crippen molar-refractivity contribution in [3.63, 3.8) is 0 Å². The summed E-state index contributed by atoms with van der Waals surface area (Å²) >= 11 is 0. The molecule has 1 saturated carbocycles. The van der Waals surface area contributed by atoms with Gasteiger partial charge in [-0.25, -0.2) is 0 Å². The third kappa shape index (κ3) is 4.84. The summed E-state index contributed by atoms with van der Waals surface area (Å²) in [6.45, 7) is 2.80. The maximum Gasteiger partial charge on any atom is 0.417 e. The van der Waals surface area contributed by atoms with Gasteiger partial charge in [-0.2, -0.15) is 18.4 Å². The molecule has 1 aromatic rings. The first kappa shape index (κ1) is 22.7. The Morgan fingerprint density at radius 1 is 1.17 bits per heavy atom. The minimum Gasteiger partial charge on any atom is -0.370 e. The number of anilines is 1. The molecule has 0 unspecified atom stereocenters. The highest BCUT2D eigenvalue weighted by Gasteiger charge is 2.43. The van der Waals surface area contributed by atoms with Gasteiger partial charge in [0.1, 0.15) is 0 Å². The molecule has 1 aliphatic carbocycles. The van der Waals surface area contributed by atoms with Gasteiger partial charge >= 0.3 is 6.18 Å². The fraction of sp³-hybridized carbons (Fsp3) is 0.619. The first-order valence-electron chi connectivity index (χ1n) is 10.2. The molecule has 2 heterocycles. The number of carbonyl (C=O) groups excluding carboxylic acids is 1. The van der Waals surface area contributed by atoms with Crippen LogP contribution in [0.5, 0.6) is 0 Å². The first-order valence-corrected chi connectivity index (χ1v) is 10.2. The molecule has 0 aromatic heterocycles. The summed E-state index contributed by atoms with van der Waals surface area (Å²) in [5.41, 5.74) is -0.864. The average molecular weight is 443 g/mol. The maximum absolute atomic E-state index is 13.4. The van der Waals surface area contributed by atoms with Gasteiger partial charge in [0.05, 0.1) is 23.1 Å². The van der Waals surface area contributed by atoms with Crippen molar-refractivity contribution in [3.8, 4) is 6.07 Å². The van der Waals surface area contributed by atoms with Crippen LogP contribution >= 0.6 is 12.4 Å². The van der Waals surface area contributed by atoms with Crippen LogP contribution in [0.4, 0.5) is 18.9 Å². The van der Waals surface area contributed by atoms with Crippen LogP contribution in [0.3, 0.4) is 0 Å². The Morgan fingerprint density at radius 3 is 2.47 bits per heavy atom. The number of amides is 1. The predicted octanol–water partition coefficient (Wildman–Crippen LogP) is 3.33. The minimum absolute atomic E-state index is 0. The molecule has 5 nitrogen and oxygen atoms in total. The lowest BCUT2D eigenvalue weighted by molar-refractivity contribution is -0.137. The Morgan fingerprint density at radius 2 is 1.87 bits per heavy atom. The summed E-state index contributed by atoms with van der Waals surface area (Å²) in [5, 5.41) is 15.5. The predicted molar refractivity (Wildman–Crippen MR) is 109 cm³/mol. The lowest BCUT2D eigenvalue weighted by Crippen LogP contribution is -2.40. The van der Waals surface area contributed by atoms with Gasteiger partial charge in [-0.05, 0) is 68.8 Å². The Kier molecular flexibility index (Phi) is 6.83. The van der Waals surface area contributed by atoms with Crippen molar-refractivity contribution in [2.24, 2.45) is 17.8 Å². The van der Waals surface area contributed by atoms with E-state index in [9.17, 15) is 18.0 Å². The number of benzene rings is 1. The summed E-state index contributed by atoms with van der Waals surface area (Å²) in [6, 6.07) is 5.74. The number of hydrogen-bond acceptors (Lipinski definition) is 4. The molecule has 1 aromatic carbocycles. The zero-order valence-corrected chi connectivity index (χ0v) is 17.4. The fourth-order valence-electron chi connectivity index (χ4n) is 4.66. The van der Waals surface area contributed by atoms with E-state index in [-0.39, 0.29) is 41.8 Å². The highest BCUT2D eigenvalue weighted by atomic mass is 35.5. The van der Waals surface area contributed by atoms with E-state index in [4.69, 9.17) is 5.26 Å². The number of nitrogens with zero attached hydrogens (tertiary/aromatic N) is 2. The maximum atomic E-state index is 13.4. The van der Waals surface area contributed by atoms with Gasteiger partial charge < -0.3 is 15.5 Å². The zero-order chi connectivity index (χ0) is 20.6. The van der Waals surface area contributed by atoms with E-state index in [2.05, 4.69) is 10.6 Å². The number of alkyl halides is 3. The van der Waals surface area contributed by atoms with Gasteiger partial charge in [0.15, 0.2) is 0 Å². The van der Waals surface area contributed by atoms with Crippen molar-refractivity contribution in [2.75, 3.05) is 31.1 Å². The quantitative estimate of drug-likeness (QED) is 0.750. The molecule has 3 fully saturated rings. The molecule has 9 heteroatoms. The molecule has 164 valence electrons. The van der Waals surface area contributed by atoms with Gasteiger partial charge in [-0.1, -0.05) is 0 Å². The molecule has 1 amide bonds. The number of hydrogen-bond donors (Lipinski definition) is 2. The zero-order valence-electron chi connectivity index (χ0n) is 16.5. The second-order valence-electron chi connectivity index (χ2n) is 8.39. The normalized spacial score (nSPS) is 24.8. The van der Waals surface area contributed by atoms with Gasteiger partial charge in [-0.15, -0.1) is 12.4 Å². The Balaban J connectivity index is 0.00000256. The van der Waals surface area contributed by atoms with Crippen molar-refractivity contribution in [1.82, 2.24) is 10.6 Å².